The van der Waals surface area contributed by atoms with Crippen molar-refractivity contribution in [3.63, 3.8) is 0 Å². The minimum atomic E-state index is -4.07. The first-order valence-electron chi connectivity index (χ1n) is 6.05. The van der Waals surface area contributed by atoms with Crippen LogP contribution in [-0.2, 0) is 10.0 Å². The molecule has 1 aliphatic rings. The van der Waals surface area contributed by atoms with Gasteiger partial charge in [-0.25, -0.2) is 21.9 Å². The zero-order valence-electron chi connectivity index (χ0n) is 10.5. The van der Waals surface area contributed by atoms with E-state index >= 15 is 0 Å². The normalized spacial score (nSPS) is 17.2. The summed E-state index contributed by atoms with van der Waals surface area (Å²) >= 11 is 2.86. The van der Waals surface area contributed by atoms with Gasteiger partial charge in [0.15, 0.2) is 0 Å². The van der Waals surface area contributed by atoms with Gasteiger partial charge in [0.2, 0.25) is 10.0 Å². The smallest absolute Gasteiger partial charge is 0.244 e. The standard InChI is InChI=1S/C12H14BrF2NO3S/c13-9-5-8(14)6-10(15)11(9)20(18,19)16-7-12(1-2-12)3-4-17/h5-6,16-17H,1-4,7H2. The van der Waals surface area contributed by atoms with Gasteiger partial charge in [-0.05, 0) is 46.7 Å². The quantitative estimate of drug-likeness (QED) is 0.807. The van der Waals surface area contributed by atoms with Crippen LogP contribution >= 0.6 is 15.9 Å². The minimum Gasteiger partial charge on any atom is -0.396 e. The van der Waals surface area contributed by atoms with Gasteiger partial charge in [0, 0.05) is 23.7 Å². The zero-order valence-corrected chi connectivity index (χ0v) is 12.9. The number of halogens is 3. The molecular weight excluding hydrogens is 356 g/mol. The molecule has 112 valence electrons. The van der Waals surface area contributed by atoms with E-state index in [0.29, 0.717) is 12.5 Å². The van der Waals surface area contributed by atoms with Crippen LogP contribution in [0.4, 0.5) is 8.78 Å². The van der Waals surface area contributed by atoms with E-state index in [1.807, 2.05) is 0 Å². The molecule has 0 atom stereocenters. The molecule has 0 bridgehead atoms. The van der Waals surface area contributed by atoms with Gasteiger partial charge in [-0.3, -0.25) is 0 Å². The predicted molar refractivity (Wildman–Crippen MR) is 72.6 cm³/mol. The molecule has 2 N–H and O–H groups in total. The third-order valence-electron chi connectivity index (χ3n) is 3.47. The molecule has 8 heteroatoms. The molecule has 0 aliphatic heterocycles. The first-order valence-corrected chi connectivity index (χ1v) is 8.32. The van der Waals surface area contributed by atoms with Crippen molar-refractivity contribution in [2.75, 3.05) is 13.2 Å². The second-order valence-electron chi connectivity index (χ2n) is 5.00. The summed E-state index contributed by atoms with van der Waals surface area (Å²) in [7, 11) is -4.07. The van der Waals surface area contributed by atoms with E-state index in [-0.39, 0.29) is 23.0 Å². The van der Waals surface area contributed by atoms with Crippen molar-refractivity contribution in [1.29, 1.82) is 0 Å². The molecule has 0 unspecified atom stereocenters. The van der Waals surface area contributed by atoms with Crippen molar-refractivity contribution in [3.05, 3.63) is 28.2 Å². The Bertz CT molecular complexity index is 594. The monoisotopic (exact) mass is 369 g/mol. The molecule has 0 saturated heterocycles. The second-order valence-corrected chi connectivity index (χ2v) is 7.55. The van der Waals surface area contributed by atoms with Crippen LogP contribution < -0.4 is 4.72 Å². The van der Waals surface area contributed by atoms with E-state index < -0.39 is 26.6 Å². The number of hydrogen-bond acceptors (Lipinski definition) is 3. The van der Waals surface area contributed by atoms with Gasteiger partial charge in [0.1, 0.15) is 16.5 Å². The van der Waals surface area contributed by atoms with Crippen LogP contribution in [0.5, 0.6) is 0 Å². The van der Waals surface area contributed by atoms with Gasteiger partial charge in [0.05, 0.1) is 0 Å². The van der Waals surface area contributed by atoms with Gasteiger partial charge < -0.3 is 5.11 Å². The summed E-state index contributed by atoms with van der Waals surface area (Å²) in [5, 5.41) is 8.92. The molecule has 4 nitrogen and oxygen atoms in total. The third-order valence-corrected chi connectivity index (χ3v) is 5.83. The average molecular weight is 370 g/mol. The molecule has 0 spiro atoms. The molecule has 1 aliphatic carbocycles. The summed E-state index contributed by atoms with van der Waals surface area (Å²) in [5.74, 6) is -2.00. The molecule has 0 radical (unpaired) electrons. The van der Waals surface area contributed by atoms with Crippen molar-refractivity contribution in [2.24, 2.45) is 5.41 Å². The van der Waals surface area contributed by atoms with Crippen LogP contribution in [0, 0.1) is 17.0 Å². The maximum atomic E-state index is 13.7. The predicted octanol–water partition coefficient (Wildman–Crippen LogP) is 2.17. The van der Waals surface area contributed by atoms with E-state index in [1.165, 1.54) is 0 Å². The summed E-state index contributed by atoms with van der Waals surface area (Å²) in [5.41, 5.74) is -0.231. The van der Waals surface area contributed by atoms with Crippen molar-refractivity contribution < 1.29 is 22.3 Å². The summed E-state index contributed by atoms with van der Waals surface area (Å²) < 4.78 is 53.0. The third kappa shape index (κ3) is 3.36. The molecule has 1 aromatic carbocycles. The first kappa shape index (κ1) is 15.8. The molecule has 0 heterocycles. The maximum Gasteiger partial charge on any atom is 0.244 e. The van der Waals surface area contributed by atoms with Gasteiger partial charge in [-0.15, -0.1) is 0 Å². The van der Waals surface area contributed by atoms with Gasteiger partial charge in [0.25, 0.3) is 0 Å². The van der Waals surface area contributed by atoms with Crippen molar-refractivity contribution >= 4 is 26.0 Å². The summed E-state index contributed by atoms with van der Waals surface area (Å²) in [6.45, 7) is 0.121. The Kier molecular flexibility index (Phi) is 4.48. The van der Waals surface area contributed by atoms with E-state index in [9.17, 15) is 17.2 Å². The molecule has 1 fully saturated rings. The number of benzene rings is 1. The highest BCUT2D eigenvalue weighted by molar-refractivity contribution is 9.10. The number of sulfonamides is 1. The van der Waals surface area contributed by atoms with Crippen molar-refractivity contribution in [3.8, 4) is 0 Å². The van der Waals surface area contributed by atoms with Gasteiger partial charge in [-0.2, -0.15) is 0 Å². The lowest BCUT2D eigenvalue weighted by Gasteiger charge is -2.15. The van der Waals surface area contributed by atoms with E-state index in [1.54, 1.807) is 0 Å². The fourth-order valence-electron chi connectivity index (χ4n) is 2.04. The van der Waals surface area contributed by atoms with E-state index in [2.05, 4.69) is 20.7 Å². The summed E-state index contributed by atoms with van der Waals surface area (Å²) in [4.78, 5) is -0.598. The molecule has 2 rings (SSSR count). The minimum absolute atomic E-state index is 0.0175. The first-order chi connectivity index (χ1) is 9.30. The lowest BCUT2D eigenvalue weighted by Crippen LogP contribution is -2.31. The fourth-order valence-corrected chi connectivity index (χ4v) is 4.35. The molecule has 20 heavy (non-hydrogen) atoms. The highest BCUT2D eigenvalue weighted by Gasteiger charge is 2.42. The largest absolute Gasteiger partial charge is 0.396 e. The summed E-state index contributed by atoms with van der Waals surface area (Å²) in [6, 6.07) is 1.43. The number of aliphatic hydroxyl groups is 1. The Morgan fingerprint density at radius 3 is 2.50 bits per heavy atom. The van der Waals surface area contributed by atoms with Crippen LogP contribution in [-0.4, -0.2) is 26.7 Å². The van der Waals surface area contributed by atoms with Crippen LogP contribution in [0.15, 0.2) is 21.5 Å². The average Bonchev–Trinajstić information content (AvgIpc) is 3.06. The number of hydrogen-bond donors (Lipinski definition) is 2. The van der Waals surface area contributed by atoms with Crippen molar-refractivity contribution in [2.45, 2.75) is 24.2 Å². The SMILES string of the molecule is O=S(=O)(NCC1(CCO)CC1)c1c(F)cc(F)cc1Br. The molecule has 0 amide bonds. The maximum absolute atomic E-state index is 13.7. The molecule has 1 saturated carbocycles. The summed E-state index contributed by atoms with van der Waals surface area (Å²) in [6.07, 6.45) is 2.15. The zero-order chi connectivity index (χ0) is 15.0. The molecule has 0 aromatic heterocycles. The Hall–Kier alpha value is -0.570. The Labute approximate surface area is 124 Å². The van der Waals surface area contributed by atoms with Crippen LogP contribution in [0.25, 0.3) is 0 Å². The fraction of sp³-hybridized carbons (Fsp3) is 0.500. The number of rotatable bonds is 6. The van der Waals surface area contributed by atoms with E-state index in [0.717, 1.165) is 18.9 Å². The van der Waals surface area contributed by atoms with Gasteiger partial charge in [-0.1, -0.05) is 0 Å². The van der Waals surface area contributed by atoms with Crippen LogP contribution in [0.1, 0.15) is 19.3 Å². The molecule has 1 aromatic rings. The lowest BCUT2D eigenvalue weighted by atomic mass is 10.0. The van der Waals surface area contributed by atoms with Gasteiger partial charge >= 0.3 is 0 Å². The van der Waals surface area contributed by atoms with E-state index in [4.69, 9.17) is 5.11 Å². The highest BCUT2D eigenvalue weighted by atomic mass is 79.9. The Morgan fingerprint density at radius 1 is 1.35 bits per heavy atom. The van der Waals surface area contributed by atoms with Crippen LogP contribution in [0.3, 0.4) is 0 Å². The highest BCUT2D eigenvalue weighted by Crippen LogP contribution is 2.48. The number of nitrogens with one attached hydrogen (secondary N) is 1. The van der Waals surface area contributed by atoms with Crippen molar-refractivity contribution in [1.82, 2.24) is 4.72 Å². The lowest BCUT2D eigenvalue weighted by molar-refractivity contribution is 0.249. The molecular formula is C12H14BrF2NO3S. The number of aliphatic hydroxyl groups excluding tert-OH is 1. The Morgan fingerprint density at radius 2 is 2.00 bits per heavy atom. The Balaban J connectivity index is 2.19. The topological polar surface area (TPSA) is 66.4 Å². The second kappa shape index (κ2) is 5.67. The van der Waals surface area contributed by atoms with Crippen LogP contribution in [0.2, 0.25) is 0 Å².